The van der Waals surface area contributed by atoms with Gasteiger partial charge in [-0.15, -0.1) is 0 Å². The van der Waals surface area contributed by atoms with E-state index in [9.17, 15) is 0 Å². The van der Waals surface area contributed by atoms with Crippen LogP contribution in [-0.2, 0) is 0 Å². The molecule has 0 atom stereocenters. The average Bonchev–Trinajstić information content (AvgIpc) is 3.12. The van der Waals surface area contributed by atoms with Gasteiger partial charge >= 0.3 is 0 Å². The topological polar surface area (TPSA) is 59.1 Å². The second kappa shape index (κ2) is 5.82. The zero-order chi connectivity index (χ0) is 12.1. The molecule has 0 unspecified atom stereocenters. The second-order valence-corrected chi connectivity index (χ2v) is 4.35. The molecular weight excluding hydrogens is 216 g/mol. The van der Waals surface area contributed by atoms with Gasteiger partial charge in [-0.25, -0.2) is 4.98 Å². The molecular formula is C12H20N4O. The van der Waals surface area contributed by atoms with E-state index in [1.165, 1.54) is 12.8 Å². The summed E-state index contributed by atoms with van der Waals surface area (Å²) in [6.07, 6.45) is 3.79. The molecule has 1 heterocycles. The molecule has 1 aliphatic rings. The number of hydrogen-bond acceptors (Lipinski definition) is 5. The fourth-order valence-corrected chi connectivity index (χ4v) is 1.63. The number of nitrogens with one attached hydrogen (secondary N) is 2. The lowest BCUT2D eigenvalue weighted by Crippen LogP contribution is -2.20. The number of ether oxygens (including phenoxy) is 1. The fraction of sp³-hybridized carbons (Fsp3) is 0.667. The van der Waals surface area contributed by atoms with E-state index in [0.717, 1.165) is 37.2 Å². The lowest BCUT2D eigenvalue weighted by atomic mass is 10.4. The largest absolute Gasteiger partial charge is 0.481 e. The van der Waals surface area contributed by atoms with E-state index in [1.54, 1.807) is 7.11 Å². The van der Waals surface area contributed by atoms with Crippen molar-refractivity contribution in [2.45, 2.75) is 32.2 Å². The van der Waals surface area contributed by atoms with Crippen molar-refractivity contribution in [1.29, 1.82) is 0 Å². The Bertz CT molecular complexity index is 366. The molecule has 2 N–H and O–H groups in total. The van der Waals surface area contributed by atoms with Gasteiger partial charge in [-0.2, -0.15) is 4.98 Å². The van der Waals surface area contributed by atoms with Crippen molar-refractivity contribution in [3.63, 3.8) is 0 Å². The first-order valence-corrected chi connectivity index (χ1v) is 6.15. The van der Waals surface area contributed by atoms with Crippen LogP contribution in [0.2, 0.25) is 0 Å². The van der Waals surface area contributed by atoms with E-state index in [4.69, 9.17) is 4.74 Å². The Labute approximate surface area is 102 Å². The number of aromatic nitrogens is 2. The zero-order valence-corrected chi connectivity index (χ0v) is 10.5. The normalized spacial score (nSPS) is 14.7. The summed E-state index contributed by atoms with van der Waals surface area (Å²) in [5.41, 5.74) is 0. The quantitative estimate of drug-likeness (QED) is 0.700. The summed E-state index contributed by atoms with van der Waals surface area (Å²) in [7, 11) is 1.62. The van der Waals surface area contributed by atoms with Gasteiger partial charge in [0.25, 0.3) is 0 Å². The number of anilines is 1. The zero-order valence-electron chi connectivity index (χ0n) is 10.5. The predicted molar refractivity (Wildman–Crippen MR) is 67.5 cm³/mol. The van der Waals surface area contributed by atoms with Crippen LogP contribution in [-0.4, -0.2) is 36.2 Å². The van der Waals surface area contributed by atoms with Crippen LogP contribution in [0.5, 0.6) is 5.88 Å². The maximum Gasteiger partial charge on any atom is 0.218 e. The van der Waals surface area contributed by atoms with E-state index < -0.39 is 0 Å². The van der Waals surface area contributed by atoms with Crippen LogP contribution >= 0.6 is 0 Å². The molecule has 0 spiro atoms. The van der Waals surface area contributed by atoms with Crippen LogP contribution in [0.4, 0.5) is 5.82 Å². The van der Waals surface area contributed by atoms with Gasteiger partial charge in [0, 0.05) is 18.7 Å². The number of hydrogen-bond donors (Lipinski definition) is 2. The van der Waals surface area contributed by atoms with Crippen molar-refractivity contribution in [1.82, 2.24) is 15.3 Å². The maximum absolute atomic E-state index is 5.10. The van der Waals surface area contributed by atoms with Gasteiger partial charge in [-0.3, -0.25) is 0 Å². The minimum absolute atomic E-state index is 0.608. The summed E-state index contributed by atoms with van der Waals surface area (Å²) in [6, 6.07) is 2.61. The molecule has 0 saturated heterocycles. The Morgan fingerprint density at radius 3 is 2.88 bits per heavy atom. The van der Waals surface area contributed by atoms with Crippen molar-refractivity contribution in [2.75, 3.05) is 25.5 Å². The van der Waals surface area contributed by atoms with Gasteiger partial charge in [0.05, 0.1) is 7.11 Å². The van der Waals surface area contributed by atoms with Crippen LogP contribution in [0.3, 0.4) is 0 Å². The Morgan fingerprint density at radius 1 is 1.35 bits per heavy atom. The summed E-state index contributed by atoms with van der Waals surface area (Å²) < 4.78 is 5.10. The molecule has 1 fully saturated rings. The minimum Gasteiger partial charge on any atom is -0.481 e. The van der Waals surface area contributed by atoms with E-state index >= 15 is 0 Å². The van der Waals surface area contributed by atoms with E-state index in [2.05, 4.69) is 20.6 Å². The Kier molecular flexibility index (Phi) is 4.14. The molecule has 17 heavy (non-hydrogen) atoms. The number of methoxy groups -OCH3 is 1. The van der Waals surface area contributed by atoms with Crippen LogP contribution in [0.1, 0.15) is 25.1 Å². The Balaban J connectivity index is 1.71. The van der Waals surface area contributed by atoms with E-state index in [-0.39, 0.29) is 0 Å². The third-order valence-corrected chi connectivity index (χ3v) is 2.69. The van der Waals surface area contributed by atoms with E-state index in [1.807, 2.05) is 13.0 Å². The highest BCUT2D eigenvalue weighted by atomic mass is 16.5. The van der Waals surface area contributed by atoms with Gasteiger partial charge in [0.15, 0.2) is 0 Å². The standard InChI is InChI=1S/C12H20N4O/c1-9-15-11(8-12(16-9)17-2)14-7-3-6-13-10-4-5-10/h8,10,13H,3-7H2,1-2H3,(H,14,15,16). The summed E-state index contributed by atoms with van der Waals surface area (Å²) >= 11 is 0. The molecule has 1 saturated carbocycles. The van der Waals surface area contributed by atoms with Crippen LogP contribution in [0, 0.1) is 6.92 Å². The molecule has 2 rings (SSSR count). The van der Waals surface area contributed by atoms with Gasteiger partial charge < -0.3 is 15.4 Å². The van der Waals surface area contributed by atoms with Crippen molar-refractivity contribution in [2.24, 2.45) is 0 Å². The average molecular weight is 236 g/mol. The first kappa shape index (κ1) is 12.1. The Hall–Kier alpha value is -1.36. The number of rotatable bonds is 7. The summed E-state index contributed by atoms with van der Waals surface area (Å²) in [4.78, 5) is 8.45. The highest BCUT2D eigenvalue weighted by Gasteiger charge is 2.19. The molecule has 5 nitrogen and oxygen atoms in total. The SMILES string of the molecule is COc1cc(NCCCNC2CC2)nc(C)n1. The molecule has 0 amide bonds. The molecule has 1 aliphatic carbocycles. The van der Waals surface area contributed by atoms with Crippen molar-refractivity contribution in [3.8, 4) is 5.88 Å². The molecule has 1 aromatic rings. The maximum atomic E-state index is 5.10. The molecule has 94 valence electrons. The lowest BCUT2D eigenvalue weighted by Gasteiger charge is -2.08. The minimum atomic E-state index is 0.608. The third-order valence-electron chi connectivity index (χ3n) is 2.69. The fourth-order valence-electron chi connectivity index (χ4n) is 1.63. The van der Waals surface area contributed by atoms with Crippen LogP contribution < -0.4 is 15.4 Å². The molecule has 0 radical (unpaired) electrons. The van der Waals surface area contributed by atoms with Gasteiger partial charge in [0.2, 0.25) is 5.88 Å². The summed E-state index contributed by atoms with van der Waals surface area (Å²) in [5.74, 6) is 2.17. The summed E-state index contributed by atoms with van der Waals surface area (Å²) in [5, 5.41) is 6.76. The van der Waals surface area contributed by atoms with Gasteiger partial charge in [-0.05, 0) is 32.7 Å². The molecule has 0 aromatic carbocycles. The molecule has 5 heteroatoms. The molecule has 0 bridgehead atoms. The lowest BCUT2D eigenvalue weighted by molar-refractivity contribution is 0.396. The van der Waals surface area contributed by atoms with Gasteiger partial charge in [-0.1, -0.05) is 0 Å². The third kappa shape index (κ3) is 4.19. The highest BCUT2D eigenvalue weighted by molar-refractivity contribution is 5.38. The number of aryl methyl sites for hydroxylation is 1. The van der Waals surface area contributed by atoms with Crippen molar-refractivity contribution < 1.29 is 4.74 Å². The monoisotopic (exact) mass is 236 g/mol. The Morgan fingerprint density at radius 2 is 2.18 bits per heavy atom. The second-order valence-electron chi connectivity index (χ2n) is 4.35. The number of nitrogens with zero attached hydrogens (tertiary/aromatic N) is 2. The first-order chi connectivity index (χ1) is 8.28. The van der Waals surface area contributed by atoms with Crippen molar-refractivity contribution >= 4 is 5.82 Å². The van der Waals surface area contributed by atoms with Crippen LogP contribution in [0.25, 0.3) is 0 Å². The summed E-state index contributed by atoms with van der Waals surface area (Å²) in [6.45, 7) is 3.85. The van der Waals surface area contributed by atoms with Crippen LogP contribution in [0.15, 0.2) is 6.07 Å². The molecule has 0 aliphatic heterocycles. The predicted octanol–water partition coefficient (Wildman–Crippen LogP) is 1.35. The highest BCUT2D eigenvalue weighted by Crippen LogP contribution is 2.18. The van der Waals surface area contributed by atoms with E-state index in [0.29, 0.717) is 5.88 Å². The van der Waals surface area contributed by atoms with Gasteiger partial charge in [0.1, 0.15) is 11.6 Å². The molecule has 1 aromatic heterocycles. The smallest absolute Gasteiger partial charge is 0.218 e. The van der Waals surface area contributed by atoms with Crippen molar-refractivity contribution in [3.05, 3.63) is 11.9 Å². The first-order valence-electron chi connectivity index (χ1n) is 6.15.